The molecule has 212 valence electrons. The molecule has 0 aromatic carbocycles. The lowest BCUT2D eigenvalue weighted by Gasteiger charge is -2.26. The smallest absolute Gasteiger partial charge is 0.329 e. The van der Waals surface area contributed by atoms with Crippen LogP contribution in [0.5, 0.6) is 0 Å². The van der Waals surface area contributed by atoms with Crippen molar-refractivity contribution in [2.24, 2.45) is 0 Å². The highest BCUT2D eigenvalue weighted by Crippen LogP contribution is 2.42. The van der Waals surface area contributed by atoms with E-state index in [1.54, 1.807) is 6.20 Å². The molecule has 40 heavy (non-hydrogen) atoms. The summed E-state index contributed by atoms with van der Waals surface area (Å²) in [7, 11) is 0. The number of pyridine rings is 1. The molecule has 1 N–H and O–H groups in total. The molecule has 1 saturated heterocycles. The summed E-state index contributed by atoms with van der Waals surface area (Å²) in [4.78, 5) is 26.3. The van der Waals surface area contributed by atoms with Gasteiger partial charge in [-0.3, -0.25) is 9.69 Å². The van der Waals surface area contributed by atoms with Gasteiger partial charge in [0.15, 0.2) is 5.65 Å². The fourth-order valence-electron chi connectivity index (χ4n) is 4.81. The second-order valence-electron chi connectivity index (χ2n) is 9.76. The first-order chi connectivity index (χ1) is 19.0. The lowest BCUT2D eigenvalue weighted by molar-refractivity contribution is -0.172. The Morgan fingerprint density at radius 1 is 1.10 bits per heavy atom. The van der Waals surface area contributed by atoms with Crippen LogP contribution < -0.4 is 10.2 Å². The highest BCUT2D eigenvalue weighted by Gasteiger charge is 2.63. The Morgan fingerprint density at radius 3 is 2.48 bits per heavy atom. The van der Waals surface area contributed by atoms with E-state index in [2.05, 4.69) is 20.3 Å². The van der Waals surface area contributed by atoms with Crippen LogP contribution in [0.3, 0.4) is 0 Å². The molecule has 5 heterocycles. The van der Waals surface area contributed by atoms with Crippen LogP contribution in [0.25, 0.3) is 27.5 Å². The largest absolute Gasteiger partial charge is 0.350 e. The predicted octanol–water partition coefficient (Wildman–Crippen LogP) is 5.07. The number of amides is 1. The number of nitrogens with zero attached hydrogens (tertiary/aromatic N) is 6. The Hall–Kier alpha value is -3.58. The number of carbonyl (C=O) groups excluding carboxylic acids is 1. The van der Waals surface area contributed by atoms with Gasteiger partial charge in [0, 0.05) is 24.3 Å². The molecule has 13 heteroatoms. The minimum absolute atomic E-state index is 0.0511. The third kappa shape index (κ3) is 5.27. The molecule has 1 atom stereocenters. The first-order valence-corrected chi connectivity index (χ1v) is 13.8. The van der Waals surface area contributed by atoms with Gasteiger partial charge in [0.05, 0.1) is 41.1 Å². The van der Waals surface area contributed by atoms with Crippen LogP contribution in [0.4, 0.5) is 23.4 Å². The first kappa shape index (κ1) is 28.0. The molecule has 1 aliphatic rings. The molecule has 5 rings (SSSR count). The first-order valence-electron chi connectivity index (χ1n) is 13.0. The lowest BCUT2D eigenvalue weighted by atomic mass is 10.1. The SMILES string of the molecule is CCN(CC)C(C)CNC(=O)c1cc(-c2cnn3ccc(-c4cccs4)nc23)nc(N2CC(F)(F)C(F)(F)C2)c1. The zero-order valence-electron chi connectivity index (χ0n) is 22.2. The number of hydrogen-bond acceptors (Lipinski definition) is 7. The number of nitrogens with one attached hydrogen (secondary N) is 1. The van der Waals surface area contributed by atoms with E-state index < -0.39 is 30.8 Å². The zero-order chi connectivity index (χ0) is 28.7. The molecule has 4 aromatic heterocycles. The number of halogens is 4. The molecule has 0 bridgehead atoms. The molecule has 1 amide bonds. The third-order valence-corrected chi connectivity index (χ3v) is 8.02. The molecule has 1 aliphatic heterocycles. The number of aromatic nitrogens is 4. The highest BCUT2D eigenvalue weighted by molar-refractivity contribution is 7.13. The average molecular weight is 576 g/mol. The van der Waals surface area contributed by atoms with E-state index in [1.807, 2.05) is 44.4 Å². The summed E-state index contributed by atoms with van der Waals surface area (Å²) in [5.74, 6) is -9.07. The quantitative estimate of drug-likeness (QED) is 0.281. The Kier molecular flexibility index (Phi) is 7.53. The average Bonchev–Trinajstić information content (AvgIpc) is 3.65. The summed E-state index contributed by atoms with van der Waals surface area (Å²) in [6.45, 7) is 5.57. The van der Waals surface area contributed by atoms with Gasteiger partial charge in [-0.15, -0.1) is 11.3 Å². The van der Waals surface area contributed by atoms with Crippen molar-refractivity contribution in [1.82, 2.24) is 29.8 Å². The maximum absolute atomic E-state index is 14.1. The lowest BCUT2D eigenvalue weighted by Crippen LogP contribution is -2.42. The molecule has 4 aromatic rings. The van der Waals surface area contributed by atoms with Crippen molar-refractivity contribution in [1.29, 1.82) is 0 Å². The minimum atomic E-state index is -4.23. The van der Waals surface area contributed by atoms with Gasteiger partial charge in [-0.1, -0.05) is 19.9 Å². The van der Waals surface area contributed by atoms with Gasteiger partial charge in [-0.25, -0.2) is 14.5 Å². The normalized spacial score (nSPS) is 17.1. The molecular weight excluding hydrogens is 546 g/mol. The monoisotopic (exact) mass is 575 g/mol. The number of likely N-dealkylation sites (N-methyl/N-ethyl adjacent to an activating group) is 1. The van der Waals surface area contributed by atoms with Crippen LogP contribution in [-0.2, 0) is 0 Å². The molecule has 0 saturated carbocycles. The summed E-state index contributed by atoms with van der Waals surface area (Å²) in [6.07, 6.45) is 3.23. The van der Waals surface area contributed by atoms with Crippen LogP contribution in [0, 0.1) is 0 Å². The summed E-state index contributed by atoms with van der Waals surface area (Å²) >= 11 is 1.51. The van der Waals surface area contributed by atoms with Crippen molar-refractivity contribution < 1.29 is 22.4 Å². The molecule has 1 fully saturated rings. The molecule has 0 spiro atoms. The summed E-state index contributed by atoms with van der Waals surface area (Å²) < 4.78 is 58.0. The van der Waals surface area contributed by atoms with Crippen molar-refractivity contribution >= 4 is 28.7 Å². The van der Waals surface area contributed by atoms with E-state index in [-0.39, 0.29) is 23.1 Å². The van der Waals surface area contributed by atoms with E-state index in [4.69, 9.17) is 4.98 Å². The van der Waals surface area contributed by atoms with E-state index in [0.29, 0.717) is 23.4 Å². The Labute approximate surface area is 232 Å². The number of anilines is 1. The van der Waals surface area contributed by atoms with E-state index in [0.717, 1.165) is 22.9 Å². The fraction of sp³-hybridized carbons (Fsp3) is 0.407. The third-order valence-electron chi connectivity index (χ3n) is 7.12. The maximum Gasteiger partial charge on any atom is 0.329 e. The van der Waals surface area contributed by atoms with E-state index in [9.17, 15) is 22.4 Å². The number of carbonyl (C=O) groups is 1. The second kappa shape index (κ2) is 10.8. The number of hydrogen-bond donors (Lipinski definition) is 1. The van der Waals surface area contributed by atoms with Gasteiger partial charge in [-0.05, 0) is 49.7 Å². The van der Waals surface area contributed by atoms with Crippen molar-refractivity contribution in [2.75, 3.05) is 37.6 Å². The summed E-state index contributed by atoms with van der Waals surface area (Å²) in [5, 5.41) is 9.13. The van der Waals surface area contributed by atoms with E-state index in [1.165, 1.54) is 34.2 Å². The Bertz CT molecular complexity index is 1490. The fourth-order valence-corrected chi connectivity index (χ4v) is 5.50. The number of fused-ring (bicyclic) bond motifs is 1. The van der Waals surface area contributed by atoms with Crippen LogP contribution >= 0.6 is 11.3 Å². The van der Waals surface area contributed by atoms with Gasteiger partial charge in [-0.2, -0.15) is 22.7 Å². The van der Waals surface area contributed by atoms with Gasteiger partial charge < -0.3 is 10.2 Å². The van der Waals surface area contributed by atoms with Crippen LogP contribution in [0.1, 0.15) is 31.1 Å². The van der Waals surface area contributed by atoms with Gasteiger partial charge in [0.2, 0.25) is 0 Å². The molecular formula is C27H29F4N7OS. The Morgan fingerprint density at radius 2 is 1.82 bits per heavy atom. The minimum Gasteiger partial charge on any atom is -0.350 e. The summed E-state index contributed by atoms with van der Waals surface area (Å²) in [5.41, 5.74) is 1.88. The van der Waals surface area contributed by atoms with Gasteiger partial charge in [0.1, 0.15) is 5.82 Å². The number of rotatable bonds is 9. The number of thiophene rings is 1. The van der Waals surface area contributed by atoms with Crippen molar-refractivity contribution in [3.63, 3.8) is 0 Å². The van der Waals surface area contributed by atoms with Crippen molar-refractivity contribution in [3.05, 3.63) is 53.7 Å². The van der Waals surface area contributed by atoms with E-state index >= 15 is 0 Å². The standard InChI is InChI=1S/C27H29F4N7OS/c1-4-36(5-2)17(3)13-32-25(39)18-11-21(34-23(12-18)37-15-26(28,29)27(30,31)16-37)19-14-33-38-9-8-20(35-24(19)38)22-7-6-10-40-22/h6-12,14,17H,4-5,13,15-16H2,1-3H3,(H,32,39). The maximum atomic E-state index is 14.1. The van der Waals surface area contributed by atoms with Crippen LogP contribution in [0.2, 0.25) is 0 Å². The molecule has 0 radical (unpaired) electrons. The van der Waals surface area contributed by atoms with Gasteiger partial charge in [0.25, 0.3) is 5.91 Å². The van der Waals surface area contributed by atoms with Crippen molar-refractivity contribution in [2.45, 2.75) is 38.7 Å². The van der Waals surface area contributed by atoms with Gasteiger partial charge >= 0.3 is 11.8 Å². The topological polar surface area (TPSA) is 78.7 Å². The molecule has 1 unspecified atom stereocenters. The number of alkyl halides is 4. The van der Waals surface area contributed by atoms with Crippen molar-refractivity contribution in [3.8, 4) is 21.8 Å². The molecule has 0 aliphatic carbocycles. The summed E-state index contributed by atoms with van der Waals surface area (Å²) in [6, 6.07) is 8.47. The second-order valence-corrected chi connectivity index (χ2v) is 10.7. The Balaban J connectivity index is 1.54. The van der Waals surface area contributed by atoms with Crippen LogP contribution in [-0.4, -0.2) is 81.0 Å². The zero-order valence-corrected chi connectivity index (χ0v) is 23.1. The highest BCUT2D eigenvalue weighted by atomic mass is 32.1. The molecule has 8 nitrogen and oxygen atoms in total. The van der Waals surface area contributed by atoms with Crippen LogP contribution in [0.15, 0.2) is 48.1 Å². The predicted molar refractivity (Wildman–Crippen MR) is 146 cm³/mol.